The largest absolute Gasteiger partial charge is 0.494 e. The molecule has 0 aliphatic rings. The Morgan fingerprint density at radius 2 is 2.00 bits per heavy atom. The zero-order chi connectivity index (χ0) is 13.8. The van der Waals surface area contributed by atoms with Crippen LogP contribution in [0.5, 0.6) is 5.88 Å². The molecule has 0 unspecified atom stereocenters. The molecule has 0 bridgehead atoms. The van der Waals surface area contributed by atoms with Crippen LogP contribution in [0, 0.1) is 4.77 Å². The molecule has 0 aliphatic heterocycles. The second-order valence-corrected chi connectivity index (χ2v) is 4.18. The lowest BCUT2D eigenvalue weighted by Gasteiger charge is -2.11. The standard InChI is InChI=1S/C12H12N4O2S/c1-16(8-5-3-2-4-6-8)13-7-9-10(17)14-12(19)15-11(9)18/h2-7H,1H3,(H3,14,15,17,18,19). The van der Waals surface area contributed by atoms with Crippen LogP contribution in [0.4, 0.5) is 5.69 Å². The summed E-state index contributed by atoms with van der Waals surface area (Å²) < 4.78 is 0.0658. The highest BCUT2D eigenvalue weighted by Gasteiger charge is 2.05. The van der Waals surface area contributed by atoms with Crippen molar-refractivity contribution in [3.63, 3.8) is 0 Å². The molecule has 0 saturated heterocycles. The number of hydrogen-bond donors (Lipinski definition) is 3. The number of nitrogens with one attached hydrogen (secondary N) is 2. The van der Waals surface area contributed by atoms with Gasteiger partial charge in [0.15, 0.2) is 4.77 Å². The topological polar surface area (TPSA) is 84.5 Å². The predicted molar refractivity (Wildman–Crippen MR) is 76.4 cm³/mol. The van der Waals surface area contributed by atoms with Crippen molar-refractivity contribution < 1.29 is 5.11 Å². The number of benzene rings is 1. The first-order valence-corrected chi connectivity index (χ1v) is 5.87. The van der Waals surface area contributed by atoms with Gasteiger partial charge in [-0.2, -0.15) is 5.10 Å². The first-order chi connectivity index (χ1) is 9.08. The Kier molecular flexibility index (Phi) is 3.76. The van der Waals surface area contributed by atoms with Gasteiger partial charge in [0, 0.05) is 7.05 Å². The first-order valence-electron chi connectivity index (χ1n) is 5.46. The van der Waals surface area contributed by atoms with E-state index in [4.69, 9.17) is 12.2 Å². The smallest absolute Gasteiger partial charge is 0.264 e. The summed E-state index contributed by atoms with van der Waals surface area (Å²) in [6.45, 7) is 0. The van der Waals surface area contributed by atoms with Gasteiger partial charge in [0.2, 0.25) is 5.88 Å². The van der Waals surface area contributed by atoms with E-state index in [1.807, 2.05) is 30.3 Å². The molecule has 1 aromatic heterocycles. The van der Waals surface area contributed by atoms with Crippen LogP contribution in [0.2, 0.25) is 0 Å². The van der Waals surface area contributed by atoms with Crippen LogP contribution in [0.3, 0.4) is 0 Å². The number of aromatic nitrogens is 2. The Labute approximate surface area is 114 Å². The fourth-order valence-corrected chi connectivity index (χ4v) is 1.65. The quantitative estimate of drug-likeness (QED) is 0.452. The van der Waals surface area contributed by atoms with Crippen molar-refractivity contribution in [1.82, 2.24) is 9.97 Å². The van der Waals surface area contributed by atoms with Gasteiger partial charge in [-0.05, 0) is 24.4 Å². The Hall–Kier alpha value is -2.41. The van der Waals surface area contributed by atoms with Crippen LogP contribution >= 0.6 is 12.2 Å². The summed E-state index contributed by atoms with van der Waals surface area (Å²) in [5.41, 5.74) is 0.390. The van der Waals surface area contributed by atoms with E-state index in [1.165, 1.54) is 6.21 Å². The Morgan fingerprint density at radius 1 is 1.32 bits per heavy atom. The first kappa shape index (κ1) is 13.0. The molecule has 0 spiro atoms. The minimum atomic E-state index is -0.494. The van der Waals surface area contributed by atoms with E-state index in [0.717, 1.165) is 5.69 Å². The van der Waals surface area contributed by atoms with Gasteiger partial charge in [0.1, 0.15) is 5.56 Å². The molecular formula is C12H12N4O2S. The van der Waals surface area contributed by atoms with Crippen molar-refractivity contribution in [1.29, 1.82) is 0 Å². The molecule has 1 aromatic carbocycles. The number of aromatic amines is 2. The Morgan fingerprint density at radius 3 is 2.63 bits per heavy atom. The molecule has 3 N–H and O–H groups in total. The van der Waals surface area contributed by atoms with Gasteiger partial charge in [-0.25, -0.2) is 0 Å². The molecule has 0 saturated carbocycles. The second kappa shape index (κ2) is 5.49. The maximum Gasteiger partial charge on any atom is 0.264 e. The maximum atomic E-state index is 11.6. The summed E-state index contributed by atoms with van der Waals surface area (Å²) in [4.78, 5) is 16.4. The number of hydrazone groups is 1. The van der Waals surface area contributed by atoms with Gasteiger partial charge in [-0.15, -0.1) is 0 Å². The van der Waals surface area contributed by atoms with Gasteiger partial charge in [-0.1, -0.05) is 18.2 Å². The van der Waals surface area contributed by atoms with Crippen LogP contribution in [0.15, 0.2) is 40.2 Å². The molecule has 0 radical (unpaired) electrons. The summed E-state index contributed by atoms with van der Waals surface area (Å²) >= 11 is 4.73. The van der Waals surface area contributed by atoms with Crippen LogP contribution in [-0.2, 0) is 0 Å². The van der Waals surface area contributed by atoms with Crippen LogP contribution in [0.1, 0.15) is 5.56 Å². The highest BCUT2D eigenvalue weighted by Crippen LogP contribution is 2.11. The van der Waals surface area contributed by atoms with Crippen molar-refractivity contribution in [2.45, 2.75) is 0 Å². The summed E-state index contributed by atoms with van der Waals surface area (Å²) in [5.74, 6) is -0.307. The number of aromatic hydroxyl groups is 1. The molecule has 0 fully saturated rings. The average molecular weight is 276 g/mol. The lowest BCUT2D eigenvalue weighted by atomic mass is 10.3. The van der Waals surface area contributed by atoms with E-state index < -0.39 is 5.56 Å². The number of hydrogen-bond acceptors (Lipinski definition) is 5. The predicted octanol–water partition coefficient (Wildman–Crippen LogP) is 1.61. The second-order valence-electron chi connectivity index (χ2n) is 3.77. The number of H-pyrrole nitrogens is 2. The highest BCUT2D eigenvalue weighted by atomic mass is 32.1. The SMILES string of the molecule is CN(N=Cc1c(O)[nH]c(=S)[nH]c1=O)c1ccccc1. The van der Waals surface area contributed by atoms with Gasteiger partial charge < -0.3 is 10.1 Å². The van der Waals surface area contributed by atoms with Gasteiger partial charge in [-0.3, -0.25) is 14.8 Å². The van der Waals surface area contributed by atoms with E-state index in [0.29, 0.717) is 0 Å². The molecule has 19 heavy (non-hydrogen) atoms. The van der Waals surface area contributed by atoms with Crippen molar-refractivity contribution in [2.75, 3.05) is 12.1 Å². The number of rotatable bonds is 3. The monoisotopic (exact) mass is 276 g/mol. The van der Waals surface area contributed by atoms with E-state index in [2.05, 4.69) is 15.1 Å². The Bertz CT molecular complexity index is 706. The molecular weight excluding hydrogens is 264 g/mol. The normalized spacial score (nSPS) is 10.8. The minimum Gasteiger partial charge on any atom is -0.494 e. The zero-order valence-corrected chi connectivity index (χ0v) is 10.9. The Balaban J connectivity index is 2.29. The van der Waals surface area contributed by atoms with E-state index >= 15 is 0 Å². The summed E-state index contributed by atoms with van der Waals surface area (Å²) in [6.07, 6.45) is 1.27. The number of nitrogens with zero attached hydrogens (tertiary/aromatic N) is 2. The molecule has 2 aromatic rings. The van der Waals surface area contributed by atoms with E-state index in [1.54, 1.807) is 12.1 Å². The van der Waals surface area contributed by atoms with Crippen LogP contribution < -0.4 is 10.6 Å². The van der Waals surface area contributed by atoms with E-state index in [-0.39, 0.29) is 16.2 Å². The maximum absolute atomic E-state index is 11.6. The third-order valence-electron chi connectivity index (χ3n) is 2.45. The third-order valence-corrected chi connectivity index (χ3v) is 2.65. The van der Waals surface area contributed by atoms with Crippen molar-refractivity contribution in [3.05, 3.63) is 51.0 Å². The molecule has 7 heteroatoms. The van der Waals surface area contributed by atoms with Gasteiger partial charge in [0.25, 0.3) is 5.56 Å². The zero-order valence-electron chi connectivity index (χ0n) is 10.1. The molecule has 0 atom stereocenters. The fraction of sp³-hybridized carbons (Fsp3) is 0.0833. The summed E-state index contributed by atoms with van der Waals surface area (Å²) in [6, 6.07) is 9.41. The van der Waals surface area contributed by atoms with Gasteiger partial charge in [0.05, 0.1) is 11.9 Å². The van der Waals surface area contributed by atoms with Crippen molar-refractivity contribution in [3.8, 4) is 5.88 Å². The van der Waals surface area contributed by atoms with Crippen LogP contribution in [-0.4, -0.2) is 28.3 Å². The number of para-hydroxylation sites is 1. The summed E-state index contributed by atoms with van der Waals surface area (Å²) in [5, 5.41) is 15.3. The van der Waals surface area contributed by atoms with Crippen LogP contribution in [0.25, 0.3) is 0 Å². The van der Waals surface area contributed by atoms with Gasteiger partial charge >= 0.3 is 0 Å². The third kappa shape index (κ3) is 3.08. The highest BCUT2D eigenvalue weighted by molar-refractivity contribution is 7.71. The molecule has 1 heterocycles. The number of anilines is 1. The molecule has 0 amide bonds. The summed E-state index contributed by atoms with van der Waals surface area (Å²) in [7, 11) is 1.74. The van der Waals surface area contributed by atoms with Crippen molar-refractivity contribution in [2.24, 2.45) is 5.10 Å². The van der Waals surface area contributed by atoms with Crippen molar-refractivity contribution >= 4 is 24.1 Å². The average Bonchev–Trinajstić information content (AvgIpc) is 2.38. The molecule has 2 rings (SSSR count). The molecule has 6 nitrogen and oxygen atoms in total. The van der Waals surface area contributed by atoms with E-state index in [9.17, 15) is 9.90 Å². The fourth-order valence-electron chi connectivity index (χ4n) is 1.46. The minimum absolute atomic E-state index is 0.0244. The molecule has 0 aliphatic carbocycles. The lowest BCUT2D eigenvalue weighted by molar-refractivity contribution is 0.449. The lowest BCUT2D eigenvalue weighted by Crippen LogP contribution is -2.16. The molecule has 98 valence electrons.